The number of ether oxygens (including phenoxy) is 1. The second kappa shape index (κ2) is 5.19. The van der Waals surface area contributed by atoms with Gasteiger partial charge in [-0.15, -0.1) is 0 Å². The molecule has 0 amide bonds. The van der Waals surface area contributed by atoms with Crippen molar-refractivity contribution in [2.24, 2.45) is 0 Å². The third-order valence-electron chi connectivity index (χ3n) is 2.57. The molecule has 0 bridgehead atoms. The van der Waals surface area contributed by atoms with E-state index in [1.54, 1.807) is 0 Å². The summed E-state index contributed by atoms with van der Waals surface area (Å²) in [7, 11) is 1.96. The summed E-state index contributed by atoms with van der Waals surface area (Å²) in [5, 5.41) is 3.12. The minimum atomic E-state index is 0.673. The van der Waals surface area contributed by atoms with E-state index < -0.39 is 0 Å². The zero-order valence-corrected chi connectivity index (χ0v) is 9.12. The molecule has 1 aromatic heterocycles. The first kappa shape index (κ1) is 10.5. The van der Waals surface area contributed by atoms with Crippen molar-refractivity contribution in [1.82, 2.24) is 15.3 Å². The van der Waals surface area contributed by atoms with E-state index in [0.717, 1.165) is 43.8 Å². The van der Waals surface area contributed by atoms with Crippen LogP contribution in [0.15, 0.2) is 6.20 Å². The van der Waals surface area contributed by atoms with Crippen molar-refractivity contribution in [3.63, 3.8) is 0 Å². The smallest absolute Gasteiger partial charge is 0.128 e. The van der Waals surface area contributed by atoms with Crippen molar-refractivity contribution in [2.75, 3.05) is 20.2 Å². The molecular weight excluding hydrogens is 190 g/mol. The molecule has 4 heteroatoms. The monoisotopic (exact) mass is 207 g/mol. The fraction of sp³-hybridized carbons (Fsp3) is 0.636. The van der Waals surface area contributed by atoms with Gasteiger partial charge in [-0.2, -0.15) is 0 Å². The van der Waals surface area contributed by atoms with Crippen molar-refractivity contribution < 1.29 is 4.74 Å². The third kappa shape index (κ3) is 2.73. The van der Waals surface area contributed by atoms with Crippen LogP contribution in [-0.2, 0) is 24.2 Å². The van der Waals surface area contributed by atoms with Crippen LogP contribution in [0.4, 0.5) is 0 Å². The molecule has 1 aromatic rings. The van der Waals surface area contributed by atoms with E-state index >= 15 is 0 Å². The number of hydrogen-bond donors (Lipinski definition) is 1. The van der Waals surface area contributed by atoms with Crippen LogP contribution in [0.5, 0.6) is 0 Å². The summed E-state index contributed by atoms with van der Waals surface area (Å²) in [6, 6.07) is 0. The lowest BCUT2D eigenvalue weighted by molar-refractivity contribution is 0.108. The lowest BCUT2D eigenvalue weighted by Gasteiger charge is -2.15. The molecule has 0 saturated carbocycles. The van der Waals surface area contributed by atoms with Gasteiger partial charge in [0.25, 0.3) is 0 Å². The van der Waals surface area contributed by atoms with Crippen LogP contribution in [-0.4, -0.2) is 30.2 Å². The molecule has 82 valence electrons. The Morgan fingerprint density at radius 3 is 3.33 bits per heavy atom. The van der Waals surface area contributed by atoms with E-state index in [-0.39, 0.29) is 0 Å². The zero-order valence-electron chi connectivity index (χ0n) is 9.12. The van der Waals surface area contributed by atoms with Gasteiger partial charge in [-0.3, -0.25) is 0 Å². The molecule has 0 saturated heterocycles. The van der Waals surface area contributed by atoms with Gasteiger partial charge < -0.3 is 10.1 Å². The van der Waals surface area contributed by atoms with Crippen molar-refractivity contribution in [3.05, 3.63) is 23.3 Å². The summed E-state index contributed by atoms with van der Waals surface area (Å²) in [5.41, 5.74) is 2.33. The van der Waals surface area contributed by atoms with Gasteiger partial charge in [-0.25, -0.2) is 9.97 Å². The zero-order chi connectivity index (χ0) is 10.5. The second-order valence-corrected chi connectivity index (χ2v) is 3.77. The molecule has 0 radical (unpaired) electrons. The fourth-order valence-corrected chi connectivity index (χ4v) is 1.72. The van der Waals surface area contributed by atoms with Gasteiger partial charge in [-0.1, -0.05) is 0 Å². The maximum atomic E-state index is 5.34. The number of fused-ring (bicyclic) bond motifs is 1. The number of nitrogens with one attached hydrogen (secondary N) is 1. The third-order valence-corrected chi connectivity index (χ3v) is 2.57. The minimum absolute atomic E-state index is 0.673. The van der Waals surface area contributed by atoms with Gasteiger partial charge >= 0.3 is 0 Å². The topological polar surface area (TPSA) is 47.0 Å². The van der Waals surface area contributed by atoms with Gasteiger partial charge in [0.2, 0.25) is 0 Å². The van der Waals surface area contributed by atoms with E-state index in [1.165, 1.54) is 5.69 Å². The van der Waals surface area contributed by atoms with E-state index in [4.69, 9.17) is 4.74 Å². The highest BCUT2D eigenvalue weighted by Crippen LogP contribution is 2.13. The van der Waals surface area contributed by atoms with Crippen LogP contribution in [0.25, 0.3) is 0 Å². The van der Waals surface area contributed by atoms with E-state index in [9.17, 15) is 0 Å². The summed E-state index contributed by atoms with van der Waals surface area (Å²) >= 11 is 0. The number of nitrogens with zero attached hydrogens (tertiary/aromatic N) is 2. The molecule has 0 atom stereocenters. The first-order valence-corrected chi connectivity index (χ1v) is 5.46. The molecule has 2 heterocycles. The average Bonchev–Trinajstić information content (AvgIpc) is 2.29. The summed E-state index contributed by atoms with van der Waals surface area (Å²) in [5.74, 6) is 0.964. The Morgan fingerprint density at radius 2 is 2.47 bits per heavy atom. The number of aryl methyl sites for hydroxylation is 1. The SMILES string of the molecule is CNCCCc1ncc2c(n1)CCOC2. The van der Waals surface area contributed by atoms with Crippen LogP contribution < -0.4 is 5.32 Å². The maximum absolute atomic E-state index is 5.34. The Hall–Kier alpha value is -1.00. The molecule has 15 heavy (non-hydrogen) atoms. The Labute approximate surface area is 90.1 Å². The molecular formula is C11H17N3O. The molecule has 2 rings (SSSR count). The standard InChI is InChI=1S/C11H17N3O/c1-12-5-2-3-11-13-7-9-8-15-6-4-10(9)14-11/h7,12H,2-6,8H2,1H3. The van der Waals surface area contributed by atoms with E-state index in [1.807, 2.05) is 13.2 Å². The number of hydrogen-bond acceptors (Lipinski definition) is 4. The molecule has 1 aliphatic heterocycles. The van der Waals surface area contributed by atoms with Crippen molar-refractivity contribution >= 4 is 0 Å². The van der Waals surface area contributed by atoms with Crippen LogP contribution in [0, 0.1) is 0 Å². The predicted octanol–water partition coefficient (Wildman–Crippen LogP) is 0.701. The minimum Gasteiger partial charge on any atom is -0.376 e. The molecule has 0 fully saturated rings. The quantitative estimate of drug-likeness (QED) is 0.738. The molecule has 4 nitrogen and oxygen atoms in total. The van der Waals surface area contributed by atoms with Gasteiger partial charge in [0.1, 0.15) is 5.82 Å². The van der Waals surface area contributed by atoms with Gasteiger partial charge in [0, 0.05) is 24.6 Å². The Kier molecular flexibility index (Phi) is 3.64. The summed E-state index contributed by atoms with van der Waals surface area (Å²) in [6.45, 7) is 2.48. The van der Waals surface area contributed by atoms with Crippen molar-refractivity contribution in [3.8, 4) is 0 Å². The first-order valence-electron chi connectivity index (χ1n) is 5.46. The highest BCUT2D eigenvalue weighted by molar-refractivity contribution is 5.18. The van der Waals surface area contributed by atoms with Crippen LogP contribution >= 0.6 is 0 Å². The Morgan fingerprint density at radius 1 is 1.53 bits per heavy atom. The van der Waals surface area contributed by atoms with Crippen LogP contribution in [0.3, 0.4) is 0 Å². The van der Waals surface area contributed by atoms with E-state index in [2.05, 4.69) is 15.3 Å². The highest BCUT2D eigenvalue weighted by atomic mass is 16.5. The average molecular weight is 207 g/mol. The first-order chi connectivity index (χ1) is 7.40. The molecule has 1 N–H and O–H groups in total. The number of aromatic nitrogens is 2. The van der Waals surface area contributed by atoms with Gasteiger partial charge in [0.15, 0.2) is 0 Å². The van der Waals surface area contributed by atoms with Gasteiger partial charge in [0.05, 0.1) is 18.9 Å². The summed E-state index contributed by atoms with van der Waals surface area (Å²) < 4.78 is 5.34. The molecule has 0 spiro atoms. The molecule has 0 unspecified atom stereocenters. The Bertz CT molecular complexity index is 328. The van der Waals surface area contributed by atoms with Gasteiger partial charge in [-0.05, 0) is 20.0 Å². The van der Waals surface area contributed by atoms with Crippen molar-refractivity contribution in [1.29, 1.82) is 0 Å². The van der Waals surface area contributed by atoms with E-state index in [0.29, 0.717) is 6.61 Å². The summed E-state index contributed by atoms with van der Waals surface area (Å²) in [4.78, 5) is 8.91. The molecule has 0 aromatic carbocycles. The Balaban J connectivity index is 2.00. The molecule has 0 aliphatic carbocycles. The fourth-order valence-electron chi connectivity index (χ4n) is 1.72. The second-order valence-electron chi connectivity index (χ2n) is 3.77. The largest absolute Gasteiger partial charge is 0.376 e. The lowest BCUT2D eigenvalue weighted by Crippen LogP contribution is -2.15. The lowest BCUT2D eigenvalue weighted by atomic mass is 10.1. The molecule has 1 aliphatic rings. The number of rotatable bonds is 4. The summed E-state index contributed by atoms with van der Waals surface area (Å²) in [6.07, 6.45) is 4.88. The van der Waals surface area contributed by atoms with Crippen LogP contribution in [0.1, 0.15) is 23.5 Å². The van der Waals surface area contributed by atoms with Crippen molar-refractivity contribution in [2.45, 2.75) is 25.9 Å². The predicted molar refractivity (Wildman–Crippen MR) is 57.6 cm³/mol. The maximum Gasteiger partial charge on any atom is 0.128 e. The normalized spacial score (nSPS) is 15.0. The van der Waals surface area contributed by atoms with Crippen LogP contribution in [0.2, 0.25) is 0 Å². The highest BCUT2D eigenvalue weighted by Gasteiger charge is 2.11.